The lowest BCUT2D eigenvalue weighted by Gasteiger charge is -2.05. The smallest absolute Gasteiger partial charge is 0.203 e. The van der Waals surface area contributed by atoms with Crippen molar-refractivity contribution in [3.63, 3.8) is 0 Å². The number of rotatable bonds is 1. The van der Waals surface area contributed by atoms with Gasteiger partial charge in [-0.15, -0.1) is 14.8 Å². The molecule has 0 atom stereocenters. The van der Waals surface area contributed by atoms with E-state index >= 15 is 0 Å². The number of aryl methyl sites for hydroxylation is 1. The minimum absolute atomic E-state index is 0.581. The number of aromatic nitrogens is 5. The van der Waals surface area contributed by atoms with Crippen LogP contribution in [-0.4, -0.2) is 25.3 Å². The highest BCUT2D eigenvalue weighted by Crippen LogP contribution is 2.16. The van der Waals surface area contributed by atoms with Crippen molar-refractivity contribution in [2.45, 2.75) is 13.8 Å². The molecule has 0 bridgehead atoms. The zero-order valence-corrected chi connectivity index (χ0v) is 7.31. The van der Waals surface area contributed by atoms with E-state index in [1.54, 1.807) is 0 Å². The van der Waals surface area contributed by atoms with E-state index in [4.69, 9.17) is 5.84 Å². The number of hydrogen-bond donors (Lipinski definition) is 2. The van der Waals surface area contributed by atoms with Gasteiger partial charge in [0.1, 0.15) is 0 Å². The Bertz CT molecular complexity index is 445. The van der Waals surface area contributed by atoms with E-state index in [1.165, 1.54) is 4.63 Å². The molecule has 13 heavy (non-hydrogen) atoms. The first kappa shape index (κ1) is 7.87. The Morgan fingerprint density at radius 2 is 2.08 bits per heavy atom. The molecular formula is C6H9N7. The van der Waals surface area contributed by atoms with E-state index < -0.39 is 0 Å². The minimum atomic E-state index is 0.581. The number of hydrogen-bond acceptors (Lipinski definition) is 6. The van der Waals surface area contributed by atoms with Crippen molar-refractivity contribution >= 4 is 11.5 Å². The highest BCUT2D eigenvalue weighted by Gasteiger charge is 2.09. The second kappa shape index (κ2) is 2.63. The predicted molar refractivity (Wildman–Crippen MR) is 45.9 cm³/mol. The van der Waals surface area contributed by atoms with E-state index in [-0.39, 0.29) is 0 Å². The quantitative estimate of drug-likeness (QED) is 0.449. The van der Waals surface area contributed by atoms with Crippen LogP contribution in [0.3, 0.4) is 0 Å². The van der Waals surface area contributed by atoms with Gasteiger partial charge >= 0.3 is 0 Å². The summed E-state index contributed by atoms with van der Waals surface area (Å²) in [5, 5.41) is 15.1. The summed E-state index contributed by atoms with van der Waals surface area (Å²) < 4.78 is 1.34. The van der Waals surface area contributed by atoms with Crippen LogP contribution in [0.5, 0.6) is 0 Å². The molecule has 2 aromatic rings. The molecule has 0 saturated carbocycles. The van der Waals surface area contributed by atoms with E-state index in [0.717, 1.165) is 11.1 Å². The molecule has 0 spiro atoms. The van der Waals surface area contributed by atoms with Crippen molar-refractivity contribution in [3.8, 4) is 0 Å². The van der Waals surface area contributed by atoms with Gasteiger partial charge in [-0.3, -0.25) is 0 Å². The lowest BCUT2D eigenvalue weighted by molar-refractivity contribution is 0.731. The zero-order valence-electron chi connectivity index (χ0n) is 7.31. The van der Waals surface area contributed by atoms with Gasteiger partial charge in [0.15, 0.2) is 5.82 Å². The summed E-state index contributed by atoms with van der Waals surface area (Å²) in [5.74, 6) is 5.87. The third-order valence-electron chi connectivity index (χ3n) is 2.04. The van der Waals surface area contributed by atoms with Crippen LogP contribution in [0.25, 0.3) is 5.65 Å². The number of tetrazole rings is 1. The van der Waals surface area contributed by atoms with Crippen LogP contribution in [0, 0.1) is 13.8 Å². The second-order valence-electron chi connectivity index (χ2n) is 2.73. The van der Waals surface area contributed by atoms with Crippen LogP contribution >= 0.6 is 0 Å². The number of nitrogens with zero attached hydrogens (tertiary/aromatic N) is 5. The Kier molecular flexibility index (Phi) is 1.59. The molecule has 3 N–H and O–H groups in total. The van der Waals surface area contributed by atoms with Gasteiger partial charge in [0.25, 0.3) is 0 Å². The molecule has 0 radical (unpaired) electrons. The highest BCUT2D eigenvalue weighted by atomic mass is 15.6. The molecule has 7 heteroatoms. The molecule has 0 aromatic carbocycles. The lowest BCUT2D eigenvalue weighted by atomic mass is 10.2. The molecule has 68 valence electrons. The molecule has 0 unspecified atom stereocenters. The van der Waals surface area contributed by atoms with Crippen molar-refractivity contribution in [2.75, 3.05) is 5.43 Å². The Morgan fingerprint density at radius 1 is 1.31 bits per heavy atom. The summed E-state index contributed by atoms with van der Waals surface area (Å²) in [4.78, 5) is 0. The Labute approximate surface area is 73.9 Å². The summed E-state index contributed by atoms with van der Waals surface area (Å²) >= 11 is 0. The molecule has 0 aliphatic rings. The first-order chi connectivity index (χ1) is 6.24. The first-order valence-electron chi connectivity index (χ1n) is 3.76. The maximum absolute atomic E-state index is 5.28. The number of nitrogens with two attached hydrogens (primary N) is 1. The van der Waals surface area contributed by atoms with Crippen molar-refractivity contribution in [1.29, 1.82) is 0 Å². The van der Waals surface area contributed by atoms with Gasteiger partial charge in [0.05, 0.1) is 0 Å². The maximum atomic E-state index is 5.28. The monoisotopic (exact) mass is 179 g/mol. The standard InChI is InChI=1S/C6H9N7/c1-3-4(2)6-9-11-12-13(6)10-5(3)8-7/h7H2,1-2H3,(H,8,10). The van der Waals surface area contributed by atoms with E-state index in [9.17, 15) is 0 Å². The van der Waals surface area contributed by atoms with Crippen LogP contribution in [-0.2, 0) is 0 Å². The molecule has 0 aliphatic heterocycles. The van der Waals surface area contributed by atoms with Crippen molar-refractivity contribution in [3.05, 3.63) is 11.1 Å². The predicted octanol–water partition coefficient (Wildman–Crippen LogP) is -0.578. The molecule has 7 nitrogen and oxygen atoms in total. The SMILES string of the molecule is Cc1c(NN)nn2nnnc2c1C. The molecule has 0 fully saturated rings. The molecule has 2 rings (SSSR count). The maximum Gasteiger partial charge on any atom is 0.203 e. The van der Waals surface area contributed by atoms with Crippen LogP contribution in [0.4, 0.5) is 5.82 Å². The highest BCUT2D eigenvalue weighted by molar-refractivity contribution is 5.56. The number of hydrazine groups is 1. The summed E-state index contributed by atoms with van der Waals surface area (Å²) in [5.41, 5.74) is 5.05. The number of nitrogen functional groups attached to an aromatic ring is 1. The van der Waals surface area contributed by atoms with E-state index in [2.05, 4.69) is 26.0 Å². The van der Waals surface area contributed by atoms with Gasteiger partial charge in [0.2, 0.25) is 5.65 Å². The summed E-state index contributed by atoms with van der Waals surface area (Å²) in [7, 11) is 0. The average Bonchev–Trinajstić information content (AvgIpc) is 2.59. The lowest BCUT2D eigenvalue weighted by Crippen LogP contribution is -2.13. The topological polar surface area (TPSA) is 94.0 Å². The Hall–Kier alpha value is -1.76. The van der Waals surface area contributed by atoms with Gasteiger partial charge in [-0.2, -0.15) is 0 Å². The van der Waals surface area contributed by atoms with Crippen LogP contribution in [0.15, 0.2) is 0 Å². The Balaban J connectivity index is 2.83. The number of anilines is 1. The zero-order chi connectivity index (χ0) is 9.42. The van der Waals surface area contributed by atoms with Gasteiger partial charge < -0.3 is 5.43 Å². The minimum Gasteiger partial charge on any atom is -0.307 e. The van der Waals surface area contributed by atoms with Crippen LogP contribution < -0.4 is 11.3 Å². The molecule has 0 amide bonds. The summed E-state index contributed by atoms with van der Waals surface area (Å²) in [6, 6.07) is 0. The number of nitrogens with one attached hydrogen (secondary N) is 1. The third kappa shape index (κ3) is 1.01. The Morgan fingerprint density at radius 3 is 2.77 bits per heavy atom. The van der Waals surface area contributed by atoms with Crippen molar-refractivity contribution in [2.24, 2.45) is 5.84 Å². The van der Waals surface area contributed by atoms with E-state index in [1.807, 2.05) is 13.8 Å². The average molecular weight is 179 g/mol. The fourth-order valence-corrected chi connectivity index (χ4v) is 1.13. The largest absolute Gasteiger partial charge is 0.307 e. The van der Waals surface area contributed by atoms with Gasteiger partial charge in [0, 0.05) is 11.1 Å². The first-order valence-corrected chi connectivity index (χ1v) is 3.76. The van der Waals surface area contributed by atoms with Crippen molar-refractivity contribution in [1.82, 2.24) is 25.3 Å². The molecule has 0 aliphatic carbocycles. The fourth-order valence-electron chi connectivity index (χ4n) is 1.13. The molecular weight excluding hydrogens is 170 g/mol. The second-order valence-corrected chi connectivity index (χ2v) is 2.73. The molecule has 0 saturated heterocycles. The number of fused-ring (bicyclic) bond motifs is 1. The summed E-state index contributed by atoms with van der Waals surface area (Å²) in [6.07, 6.45) is 0. The van der Waals surface area contributed by atoms with Crippen LogP contribution in [0.2, 0.25) is 0 Å². The third-order valence-corrected chi connectivity index (χ3v) is 2.04. The van der Waals surface area contributed by atoms with E-state index in [0.29, 0.717) is 11.5 Å². The summed E-state index contributed by atoms with van der Waals surface area (Å²) in [6.45, 7) is 3.83. The van der Waals surface area contributed by atoms with Gasteiger partial charge in [-0.25, -0.2) is 5.84 Å². The molecule has 2 heterocycles. The van der Waals surface area contributed by atoms with Gasteiger partial charge in [-0.1, -0.05) is 0 Å². The van der Waals surface area contributed by atoms with Crippen molar-refractivity contribution < 1.29 is 0 Å². The van der Waals surface area contributed by atoms with Crippen LogP contribution in [0.1, 0.15) is 11.1 Å². The normalized spacial score (nSPS) is 10.7. The van der Waals surface area contributed by atoms with Gasteiger partial charge in [-0.05, 0) is 24.3 Å². The molecule has 2 aromatic heterocycles. The fraction of sp³-hybridized carbons (Fsp3) is 0.333.